The first-order valence-corrected chi connectivity index (χ1v) is 12.5. The predicted octanol–water partition coefficient (Wildman–Crippen LogP) is 6.39. The van der Waals surface area contributed by atoms with Gasteiger partial charge in [0, 0.05) is 19.0 Å². The first kappa shape index (κ1) is 23.5. The lowest BCUT2D eigenvalue weighted by Gasteiger charge is -2.31. The molecule has 2 atom stereocenters. The molecule has 0 saturated carbocycles. The fourth-order valence-corrected chi connectivity index (χ4v) is 5.30. The largest absolute Gasteiger partial charge is 0.387 e. The van der Waals surface area contributed by atoms with E-state index in [2.05, 4.69) is 92.3 Å². The highest BCUT2D eigenvalue weighted by Gasteiger charge is 2.35. The fraction of sp³-hybridized carbons (Fsp3) is 0.323. The van der Waals surface area contributed by atoms with E-state index in [9.17, 15) is 5.11 Å². The van der Waals surface area contributed by atoms with Crippen LogP contribution in [-0.2, 0) is 6.54 Å². The number of benzene rings is 4. The van der Waals surface area contributed by atoms with Crippen molar-refractivity contribution in [2.24, 2.45) is 5.10 Å². The summed E-state index contributed by atoms with van der Waals surface area (Å²) in [5.74, 6) is 0. The molecule has 1 heterocycles. The van der Waals surface area contributed by atoms with Crippen LogP contribution in [-0.4, -0.2) is 45.9 Å². The molecule has 0 bridgehead atoms. The summed E-state index contributed by atoms with van der Waals surface area (Å²) in [5, 5.41) is 23.4. The molecule has 4 heteroatoms. The molecule has 0 radical (unpaired) electrons. The van der Waals surface area contributed by atoms with Gasteiger partial charge in [-0.25, -0.2) is 0 Å². The van der Waals surface area contributed by atoms with Crippen molar-refractivity contribution in [2.75, 3.05) is 13.6 Å². The molecular formula is C31H35N3O. The van der Waals surface area contributed by atoms with Crippen LogP contribution >= 0.6 is 0 Å². The maximum Gasteiger partial charge on any atom is 0.0942 e. The van der Waals surface area contributed by atoms with E-state index in [0.29, 0.717) is 0 Å². The van der Waals surface area contributed by atoms with Gasteiger partial charge in [0.2, 0.25) is 0 Å². The van der Waals surface area contributed by atoms with Crippen LogP contribution in [0.25, 0.3) is 21.5 Å². The molecule has 0 fully saturated rings. The van der Waals surface area contributed by atoms with Crippen LogP contribution in [0.2, 0.25) is 0 Å². The Balaban J connectivity index is 1.40. The summed E-state index contributed by atoms with van der Waals surface area (Å²) in [4.78, 5) is 2.21. The van der Waals surface area contributed by atoms with Crippen LogP contribution in [0, 0.1) is 0 Å². The maximum atomic E-state index is 10.9. The van der Waals surface area contributed by atoms with Crippen molar-refractivity contribution < 1.29 is 5.11 Å². The van der Waals surface area contributed by atoms with E-state index < -0.39 is 6.10 Å². The molecule has 0 spiro atoms. The van der Waals surface area contributed by atoms with Crippen LogP contribution in [0.1, 0.15) is 44.4 Å². The van der Waals surface area contributed by atoms with Crippen molar-refractivity contribution in [1.82, 2.24) is 9.91 Å². The van der Waals surface area contributed by atoms with Gasteiger partial charge in [0.1, 0.15) is 0 Å². The molecule has 4 aromatic rings. The van der Waals surface area contributed by atoms with E-state index in [-0.39, 0.29) is 11.6 Å². The van der Waals surface area contributed by atoms with Gasteiger partial charge in [0.25, 0.3) is 0 Å². The summed E-state index contributed by atoms with van der Waals surface area (Å²) in [7, 11) is 2.08. The van der Waals surface area contributed by atoms with Gasteiger partial charge >= 0.3 is 0 Å². The minimum Gasteiger partial charge on any atom is -0.387 e. The Morgan fingerprint density at radius 2 is 1.49 bits per heavy atom. The molecule has 180 valence electrons. The Morgan fingerprint density at radius 3 is 2.11 bits per heavy atom. The quantitative estimate of drug-likeness (QED) is 0.322. The van der Waals surface area contributed by atoms with E-state index in [0.717, 1.165) is 30.8 Å². The van der Waals surface area contributed by atoms with Gasteiger partial charge in [-0.1, -0.05) is 78.9 Å². The summed E-state index contributed by atoms with van der Waals surface area (Å²) in [6.45, 7) is 8.14. The van der Waals surface area contributed by atoms with Gasteiger partial charge in [-0.05, 0) is 66.6 Å². The van der Waals surface area contributed by atoms with Gasteiger partial charge < -0.3 is 5.11 Å². The normalized spacial score (nSPS) is 17.2. The van der Waals surface area contributed by atoms with Crippen LogP contribution in [0.4, 0.5) is 0 Å². The number of hydrogen-bond acceptors (Lipinski definition) is 4. The molecule has 4 nitrogen and oxygen atoms in total. The third-order valence-corrected chi connectivity index (χ3v) is 7.51. The minimum absolute atomic E-state index is 0.0146. The zero-order chi connectivity index (χ0) is 24.6. The van der Waals surface area contributed by atoms with Crippen molar-refractivity contribution in [3.05, 3.63) is 96.1 Å². The van der Waals surface area contributed by atoms with E-state index in [1.54, 1.807) is 0 Å². The molecule has 0 unspecified atom stereocenters. The molecule has 1 N–H and O–H groups in total. The van der Waals surface area contributed by atoms with Crippen LogP contribution in [0.3, 0.4) is 0 Å². The van der Waals surface area contributed by atoms with Gasteiger partial charge in [-0.15, -0.1) is 0 Å². The standard InChI is InChI=1S/C31H35N3O/c1-22(30(35)23-12-6-5-7-13-23)33(4)20-26-19-31(2,3)34(32-26)21-29-27-16-10-8-14-24(27)18-25-15-9-11-17-28(25)29/h5-18,22,30,35H,19-21H2,1-4H3/t22-,30+/m1/s1. The van der Waals surface area contributed by atoms with Gasteiger partial charge in [0.15, 0.2) is 0 Å². The highest BCUT2D eigenvalue weighted by atomic mass is 16.3. The first-order chi connectivity index (χ1) is 16.8. The van der Waals surface area contributed by atoms with Crippen molar-refractivity contribution in [1.29, 1.82) is 0 Å². The Bertz CT molecular complexity index is 1310. The van der Waals surface area contributed by atoms with Crippen molar-refractivity contribution in [2.45, 2.75) is 51.4 Å². The molecule has 0 saturated heterocycles. The van der Waals surface area contributed by atoms with Crippen LogP contribution in [0.15, 0.2) is 90.0 Å². The smallest absolute Gasteiger partial charge is 0.0942 e. The number of fused-ring (bicyclic) bond motifs is 2. The fourth-order valence-electron chi connectivity index (χ4n) is 5.30. The molecule has 1 aliphatic heterocycles. The molecule has 0 amide bonds. The number of rotatable bonds is 7. The summed E-state index contributed by atoms with van der Waals surface area (Å²) in [5.41, 5.74) is 3.37. The third-order valence-electron chi connectivity index (χ3n) is 7.51. The number of nitrogens with zero attached hydrogens (tertiary/aromatic N) is 3. The molecule has 0 aromatic heterocycles. The number of aliphatic hydroxyl groups excluding tert-OH is 1. The molecular weight excluding hydrogens is 430 g/mol. The number of hydrazone groups is 1. The summed E-state index contributed by atoms with van der Waals surface area (Å²) >= 11 is 0. The predicted molar refractivity (Wildman–Crippen MR) is 147 cm³/mol. The number of hydrogen-bond donors (Lipinski definition) is 1. The summed E-state index contributed by atoms with van der Waals surface area (Å²) in [6, 6.07) is 29.5. The monoisotopic (exact) mass is 465 g/mol. The molecule has 4 aromatic carbocycles. The van der Waals surface area contributed by atoms with Crippen molar-refractivity contribution in [3.8, 4) is 0 Å². The van der Waals surface area contributed by atoms with Gasteiger partial charge in [-0.2, -0.15) is 5.10 Å². The van der Waals surface area contributed by atoms with Gasteiger partial charge in [0.05, 0.1) is 23.9 Å². The average molecular weight is 466 g/mol. The lowest BCUT2D eigenvalue weighted by Crippen LogP contribution is -2.39. The van der Waals surface area contributed by atoms with E-state index >= 15 is 0 Å². The topological polar surface area (TPSA) is 39.1 Å². The zero-order valence-corrected chi connectivity index (χ0v) is 21.1. The molecule has 35 heavy (non-hydrogen) atoms. The van der Waals surface area contributed by atoms with Crippen molar-refractivity contribution >= 4 is 27.3 Å². The molecule has 1 aliphatic rings. The highest BCUT2D eigenvalue weighted by molar-refractivity contribution is 6.02. The minimum atomic E-state index is -0.533. The van der Waals surface area contributed by atoms with E-state index in [1.807, 2.05) is 30.3 Å². The Hall–Kier alpha value is -3.21. The Morgan fingerprint density at radius 1 is 0.914 bits per heavy atom. The molecule has 5 rings (SSSR count). The first-order valence-electron chi connectivity index (χ1n) is 12.5. The zero-order valence-electron chi connectivity index (χ0n) is 21.1. The third kappa shape index (κ3) is 4.69. The second kappa shape index (κ2) is 9.44. The van der Waals surface area contributed by atoms with E-state index in [1.165, 1.54) is 27.1 Å². The van der Waals surface area contributed by atoms with Crippen molar-refractivity contribution in [3.63, 3.8) is 0 Å². The summed E-state index contributed by atoms with van der Waals surface area (Å²) < 4.78 is 0. The number of likely N-dealkylation sites (N-methyl/N-ethyl adjacent to an activating group) is 1. The maximum absolute atomic E-state index is 10.9. The van der Waals surface area contributed by atoms with Gasteiger partial charge in [-0.3, -0.25) is 9.91 Å². The van der Waals surface area contributed by atoms with E-state index in [4.69, 9.17) is 5.10 Å². The Kier molecular flexibility index (Phi) is 6.35. The number of aliphatic hydroxyl groups is 1. The van der Waals surface area contributed by atoms with Crippen LogP contribution in [0.5, 0.6) is 0 Å². The summed E-state index contributed by atoms with van der Waals surface area (Å²) in [6.07, 6.45) is 0.378. The molecule has 0 aliphatic carbocycles. The lowest BCUT2D eigenvalue weighted by atomic mass is 9.94. The second-order valence-corrected chi connectivity index (χ2v) is 10.5. The van der Waals surface area contributed by atoms with Crippen LogP contribution < -0.4 is 0 Å². The second-order valence-electron chi connectivity index (χ2n) is 10.5. The highest BCUT2D eigenvalue weighted by Crippen LogP contribution is 2.34. The Labute approximate surface area is 208 Å². The lowest BCUT2D eigenvalue weighted by molar-refractivity contribution is 0.0804. The average Bonchev–Trinajstić information content (AvgIpc) is 3.15. The SMILES string of the molecule is C[C@H]([C@H](O)c1ccccc1)N(C)CC1=NN(Cc2c3ccccc3cc3ccccc23)C(C)(C)C1.